The van der Waals surface area contributed by atoms with E-state index >= 15 is 0 Å². The van der Waals surface area contributed by atoms with Crippen LogP contribution in [0.5, 0.6) is 11.5 Å². The zero-order valence-electron chi connectivity index (χ0n) is 16.7. The molecule has 1 fully saturated rings. The molecule has 1 unspecified atom stereocenters. The van der Waals surface area contributed by atoms with E-state index in [1.165, 1.54) is 0 Å². The first-order valence-electron chi connectivity index (χ1n) is 9.54. The van der Waals surface area contributed by atoms with E-state index < -0.39 is 0 Å². The number of rotatable bonds is 5. The quantitative estimate of drug-likeness (QED) is 0.651. The topological polar surface area (TPSA) is 77.7 Å². The first-order valence-corrected chi connectivity index (χ1v) is 9.54. The molecule has 1 aromatic heterocycles. The summed E-state index contributed by atoms with van der Waals surface area (Å²) >= 11 is 0. The summed E-state index contributed by atoms with van der Waals surface area (Å²) in [7, 11) is 3.12. The maximum Gasteiger partial charge on any atom is 0.254 e. The van der Waals surface area contributed by atoms with Gasteiger partial charge in [0.25, 0.3) is 5.91 Å². The Morgan fingerprint density at radius 1 is 1.14 bits per heavy atom. The van der Waals surface area contributed by atoms with Gasteiger partial charge in [-0.25, -0.2) is 0 Å². The summed E-state index contributed by atoms with van der Waals surface area (Å²) in [6.07, 6.45) is 1.67. The lowest BCUT2D eigenvalue weighted by molar-refractivity contribution is 0.0709. The zero-order valence-corrected chi connectivity index (χ0v) is 16.7. The minimum absolute atomic E-state index is 0.0937. The fourth-order valence-electron chi connectivity index (χ4n) is 3.67. The number of likely N-dealkylation sites (tertiary alicyclic amines) is 1. The van der Waals surface area contributed by atoms with Gasteiger partial charge in [0.05, 0.1) is 14.2 Å². The van der Waals surface area contributed by atoms with E-state index in [1.54, 1.807) is 37.3 Å². The number of benzene rings is 2. The van der Waals surface area contributed by atoms with Crippen molar-refractivity contribution in [2.45, 2.75) is 25.8 Å². The number of carbonyl (C=O) groups is 1. The van der Waals surface area contributed by atoms with Gasteiger partial charge in [0.1, 0.15) is 6.04 Å². The number of hydrogen-bond acceptors (Lipinski definition) is 6. The van der Waals surface area contributed by atoms with Crippen LogP contribution in [0.25, 0.3) is 11.4 Å². The highest BCUT2D eigenvalue weighted by molar-refractivity contribution is 5.95. The van der Waals surface area contributed by atoms with E-state index in [0.29, 0.717) is 35.3 Å². The summed E-state index contributed by atoms with van der Waals surface area (Å²) in [5.74, 6) is 2.01. The molecule has 7 nitrogen and oxygen atoms in total. The number of amides is 1. The van der Waals surface area contributed by atoms with Gasteiger partial charge in [-0.05, 0) is 44.0 Å². The molecule has 0 saturated carbocycles. The number of hydrogen-bond donors (Lipinski definition) is 0. The Hall–Kier alpha value is -3.35. The number of aromatic nitrogens is 2. The summed E-state index contributed by atoms with van der Waals surface area (Å²) < 4.78 is 16.1. The van der Waals surface area contributed by atoms with Crippen LogP contribution in [0.2, 0.25) is 0 Å². The molecule has 2 heterocycles. The standard InChI is InChI=1S/C22H23N3O4/c1-14-6-4-7-15(12-14)20-23-21(29-24-20)17-8-5-11-25(17)22(26)16-9-10-18(27-2)19(13-16)28-3/h4,6-7,9-10,12-13,17H,5,8,11H2,1-3H3. The average molecular weight is 393 g/mol. The molecule has 0 bridgehead atoms. The molecular weight excluding hydrogens is 370 g/mol. The molecule has 29 heavy (non-hydrogen) atoms. The number of nitrogens with zero attached hydrogens (tertiary/aromatic N) is 3. The third-order valence-corrected chi connectivity index (χ3v) is 5.15. The zero-order chi connectivity index (χ0) is 20.4. The Morgan fingerprint density at radius 2 is 1.97 bits per heavy atom. The molecule has 150 valence electrons. The van der Waals surface area contributed by atoms with Crippen LogP contribution in [0.3, 0.4) is 0 Å². The second kappa shape index (κ2) is 7.95. The number of carbonyl (C=O) groups excluding carboxylic acids is 1. The first kappa shape index (κ1) is 19.0. The monoisotopic (exact) mass is 393 g/mol. The molecule has 3 aromatic rings. The Balaban J connectivity index is 1.59. The third kappa shape index (κ3) is 3.68. The van der Waals surface area contributed by atoms with Crippen molar-refractivity contribution in [2.75, 3.05) is 20.8 Å². The van der Waals surface area contributed by atoms with Crippen molar-refractivity contribution < 1.29 is 18.8 Å². The lowest BCUT2D eigenvalue weighted by Gasteiger charge is -2.22. The molecule has 0 N–H and O–H groups in total. The normalized spacial score (nSPS) is 16.1. The van der Waals surface area contributed by atoms with Crippen LogP contribution in [0.15, 0.2) is 47.0 Å². The number of aryl methyl sites for hydroxylation is 1. The van der Waals surface area contributed by atoms with Gasteiger partial charge in [0.15, 0.2) is 11.5 Å². The molecule has 0 radical (unpaired) electrons. The van der Waals surface area contributed by atoms with Gasteiger partial charge in [-0.15, -0.1) is 0 Å². The van der Waals surface area contributed by atoms with E-state index in [2.05, 4.69) is 10.1 Å². The third-order valence-electron chi connectivity index (χ3n) is 5.15. The largest absolute Gasteiger partial charge is 0.493 e. The lowest BCUT2D eigenvalue weighted by Crippen LogP contribution is -2.30. The van der Waals surface area contributed by atoms with Crippen molar-refractivity contribution in [1.82, 2.24) is 15.0 Å². The molecule has 2 aromatic carbocycles. The van der Waals surface area contributed by atoms with Crippen molar-refractivity contribution >= 4 is 5.91 Å². The predicted molar refractivity (Wildman–Crippen MR) is 107 cm³/mol. The Kier molecular flexibility index (Phi) is 5.20. The summed E-state index contributed by atoms with van der Waals surface area (Å²) in [5.41, 5.74) is 2.56. The number of methoxy groups -OCH3 is 2. The predicted octanol–water partition coefficient (Wildman–Crippen LogP) is 4.04. The summed E-state index contributed by atoms with van der Waals surface area (Å²) in [6, 6.07) is 12.9. The van der Waals surface area contributed by atoms with Crippen LogP contribution >= 0.6 is 0 Å². The van der Waals surface area contributed by atoms with Gasteiger partial charge in [0.2, 0.25) is 11.7 Å². The van der Waals surface area contributed by atoms with E-state index in [1.807, 2.05) is 31.2 Å². The van der Waals surface area contributed by atoms with Crippen LogP contribution < -0.4 is 9.47 Å². The second-order valence-electron chi connectivity index (χ2n) is 7.05. The molecule has 0 spiro atoms. The highest BCUT2D eigenvalue weighted by atomic mass is 16.5. The Morgan fingerprint density at radius 3 is 2.72 bits per heavy atom. The maximum atomic E-state index is 13.2. The average Bonchev–Trinajstić information content (AvgIpc) is 3.42. The maximum absolute atomic E-state index is 13.2. The lowest BCUT2D eigenvalue weighted by atomic mass is 10.1. The van der Waals surface area contributed by atoms with Crippen molar-refractivity contribution in [3.63, 3.8) is 0 Å². The smallest absolute Gasteiger partial charge is 0.254 e. The summed E-state index contributed by atoms with van der Waals surface area (Å²) in [6.45, 7) is 2.66. The fourth-order valence-corrected chi connectivity index (χ4v) is 3.67. The van der Waals surface area contributed by atoms with E-state index in [-0.39, 0.29) is 11.9 Å². The SMILES string of the molecule is COc1ccc(C(=O)N2CCCC2c2nc(-c3cccc(C)c3)no2)cc1OC. The van der Waals surface area contributed by atoms with Gasteiger partial charge in [0, 0.05) is 17.7 Å². The molecule has 1 saturated heterocycles. The van der Waals surface area contributed by atoms with Crippen LogP contribution in [0.4, 0.5) is 0 Å². The Bertz CT molecular complexity index is 1030. The highest BCUT2D eigenvalue weighted by Gasteiger charge is 2.35. The van der Waals surface area contributed by atoms with Crippen LogP contribution in [0.1, 0.15) is 40.7 Å². The van der Waals surface area contributed by atoms with Crippen molar-refractivity contribution in [2.24, 2.45) is 0 Å². The van der Waals surface area contributed by atoms with Crippen LogP contribution in [-0.2, 0) is 0 Å². The highest BCUT2D eigenvalue weighted by Crippen LogP contribution is 2.35. The van der Waals surface area contributed by atoms with Crippen LogP contribution in [-0.4, -0.2) is 41.7 Å². The van der Waals surface area contributed by atoms with E-state index in [9.17, 15) is 4.79 Å². The van der Waals surface area contributed by atoms with Gasteiger partial charge in [-0.2, -0.15) is 4.98 Å². The van der Waals surface area contributed by atoms with Gasteiger partial charge < -0.3 is 18.9 Å². The van der Waals surface area contributed by atoms with Crippen molar-refractivity contribution in [3.05, 3.63) is 59.5 Å². The summed E-state index contributed by atoms with van der Waals surface area (Å²) in [4.78, 5) is 19.5. The minimum Gasteiger partial charge on any atom is -0.493 e. The molecule has 7 heteroatoms. The Labute approximate surface area is 169 Å². The van der Waals surface area contributed by atoms with Crippen LogP contribution in [0, 0.1) is 6.92 Å². The van der Waals surface area contributed by atoms with E-state index in [0.717, 1.165) is 24.0 Å². The fraction of sp³-hybridized carbons (Fsp3) is 0.318. The molecule has 1 aliphatic rings. The summed E-state index contributed by atoms with van der Waals surface area (Å²) in [5, 5.41) is 4.13. The molecule has 4 rings (SSSR count). The minimum atomic E-state index is -0.235. The van der Waals surface area contributed by atoms with Gasteiger partial charge in [-0.1, -0.05) is 28.9 Å². The van der Waals surface area contributed by atoms with E-state index in [4.69, 9.17) is 14.0 Å². The van der Waals surface area contributed by atoms with Gasteiger partial charge >= 0.3 is 0 Å². The van der Waals surface area contributed by atoms with Crippen molar-refractivity contribution in [1.29, 1.82) is 0 Å². The molecular formula is C22H23N3O4. The second-order valence-corrected chi connectivity index (χ2v) is 7.05. The van der Waals surface area contributed by atoms with Gasteiger partial charge in [-0.3, -0.25) is 4.79 Å². The molecule has 1 aliphatic heterocycles. The molecule has 1 atom stereocenters. The van der Waals surface area contributed by atoms with Crippen molar-refractivity contribution in [3.8, 4) is 22.9 Å². The molecule has 0 aliphatic carbocycles. The molecule has 1 amide bonds. The number of ether oxygens (including phenoxy) is 2. The first-order chi connectivity index (χ1) is 14.1.